The van der Waals surface area contributed by atoms with E-state index < -0.39 is 6.09 Å². The lowest BCUT2D eigenvalue weighted by Crippen LogP contribution is -2.03. The van der Waals surface area contributed by atoms with Crippen LogP contribution in [0.1, 0.15) is 18.9 Å². The number of hydrogen-bond donors (Lipinski definition) is 2. The highest BCUT2D eigenvalue weighted by molar-refractivity contribution is 6.31. The van der Waals surface area contributed by atoms with Crippen LogP contribution in [0.5, 0.6) is 0 Å². The normalized spacial score (nSPS) is 9.00. The largest absolute Gasteiger partial charge is 0.465 e. The Morgan fingerprint density at radius 2 is 2.13 bits per heavy atom. The van der Waals surface area contributed by atoms with Gasteiger partial charge in [-0.1, -0.05) is 31.0 Å². The summed E-state index contributed by atoms with van der Waals surface area (Å²) in [7, 11) is 0. The van der Waals surface area contributed by atoms with Crippen LogP contribution in [0, 0.1) is 5.82 Å². The minimum Gasteiger partial charge on any atom is -0.465 e. The molecule has 1 amide bonds. The van der Waals surface area contributed by atoms with Crippen molar-refractivity contribution in [1.82, 2.24) is 0 Å². The van der Waals surface area contributed by atoms with Crippen molar-refractivity contribution in [3.8, 4) is 0 Å². The van der Waals surface area contributed by atoms with Gasteiger partial charge in [0, 0.05) is 10.6 Å². The van der Waals surface area contributed by atoms with E-state index in [0.29, 0.717) is 17.0 Å². The monoisotopic (exact) mass is 233 g/mol. The average molecular weight is 234 g/mol. The molecule has 0 aliphatic rings. The van der Waals surface area contributed by atoms with Crippen molar-refractivity contribution >= 4 is 17.7 Å². The van der Waals surface area contributed by atoms with Gasteiger partial charge in [-0.15, -0.1) is 0 Å². The fraction of sp³-hybridized carbons (Fsp3) is 0.300. The minimum atomic E-state index is -1.33. The van der Waals surface area contributed by atoms with Gasteiger partial charge in [0.05, 0.1) is 0 Å². The van der Waals surface area contributed by atoms with Crippen molar-refractivity contribution in [3.63, 3.8) is 0 Å². The topological polar surface area (TPSA) is 63.3 Å². The van der Waals surface area contributed by atoms with Crippen LogP contribution in [-0.4, -0.2) is 11.2 Å². The van der Waals surface area contributed by atoms with Gasteiger partial charge < -0.3 is 10.8 Å². The summed E-state index contributed by atoms with van der Waals surface area (Å²) >= 11 is 5.77. The van der Waals surface area contributed by atoms with Gasteiger partial charge in [-0.2, -0.15) is 0 Å². The lowest BCUT2D eigenvalue weighted by Gasteiger charge is -2.02. The number of rotatable bonds is 2. The van der Waals surface area contributed by atoms with Crippen molar-refractivity contribution in [2.45, 2.75) is 19.8 Å². The molecule has 0 spiro atoms. The van der Waals surface area contributed by atoms with E-state index in [4.69, 9.17) is 21.5 Å². The van der Waals surface area contributed by atoms with Crippen LogP contribution in [0.4, 0.5) is 9.18 Å². The van der Waals surface area contributed by atoms with Crippen LogP contribution >= 0.6 is 11.6 Å². The summed E-state index contributed by atoms with van der Waals surface area (Å²) in [5.74, 6) is -0.195. The first-order valence-electron chi connectivity index (χ1n) is 4.40. The highest BCUT2D eigenvalue weighted by Crippen LogP contribution is 2.19. The van der Waals surface area contributed by atoms with Crippen LogP contribution in [0.25, 0.3) is 0 Å². The van der Waals surface area contributed by atoms with Crippen LogP contribution in [0.3, 0.4) is 0 Å². The molecule has 1 aromatic rings. The quantitative estimate of drug-likeness (QED) is 0.825. The molecule has 3 nitrogen and oxygen atoms in total. The zero-order valence-corrected chi connectivity index (χ0v) is 9.09. The molecule has 0 radical (unpaired) electrons. The van der Waals surface area contributed by atoms with E-state index in [0.717, 1.165) is 6.42 Å². The smallest absolute Gasteiger partial charge is 0.402 e. The summed E-state index contributed by atoms with van der Waals surface area (Å²) in [6.07, 6.45) is 0.298. The Morgan fingerprint density at radius 3 is 2.53 bits per heavy atom. The van der Waals surface area contributed by atoms with Crippen molar-refractivity contribution in [2.75, 3.05) is 0 Å². The first kappa shape index (κ1) is 13.7. The first-order chi connectivity index (χ1) is 6.99. The van der Waals surface area contributed by atoms with Crippen LogP contribution in [0.15, 0.2) is 18.2 Å². The maximum atomic E-state index is 13.0. The summed E-state index contributed by atoms with van der Waals surface area (Å²) in [4.78, 5) is 8.78. The number of primary amides is 1. The van der Waals surface area contributed by atoms with Gasteiger partial charge in [0.2, 0.25) is 0 Å². The van der Waals surface area contributed by atoms with Gasteiger partial charge in [0.25, 0.3) is 0 Å². The van der Waals surface area contributed by atoms with Gasteiger partial charge in [-0.3, -0.25) is 0 Å². The highest BCUT2D eigenvalue weighted by Gasteiger charge is 2.03. The summed E-state index contributed by atoms with van der Waals surface area (Å²) in [6.45, 7) is 2.00. The number of amides is 1. The van der Waals surface area contributed by atoms with Crippen LogP contribution < -0.4 is 5.73 Å². The average Bonchev–Trinajstić information content (AvgIpc) is 2.11. The highest BCUT2D eigenvalue weighted by atomic mass is 35.5. The predicted octanol–water partition coefficient (Wildman–Crippen LogP) is 3.05. The van der Waals surface area contributed by atoms with E-state index >= 15 is 0 Å². The molecule has 0 atom stereocenters. The zero-order valence-electron chi connectivity index (χ0n) is 8.34. The van der Waals surface area contributed by atoms with Crippen LogP contribution in [-0.2, 0) is 6.42 Å². The number of carbonyl (C=O) groups is 1. The van der Waals surface area contributed by atoms with E-state index in [1.54, 1.807) is 12.1 Å². The van der Waals surface area contributed by atoms with Crippen molar-refractivity contribution < 1.29 is 14.3 Å². The van der Waals surface area contributed by atoms with E-state index in [2.05, 4.69) is 5.73 Å². The maximum Gasteiger partial charge on any atom is 0.402 e. The molecule has 15 heavy (non-hydrogen) atoms. The zero-order chi connectivity index (χ0) is 11.8. The first-order valence-corrected chi connectivity index (χ1v) is 4.78. The molecule has 1 rings (SSSR count). The third kappa shape index (κ3) is 5.91. The maximum absolute atomic E-state index is 13.0. The second-order valence-electron chi connectivity index (χ2n) is 2.79. The molecule has 3 N–H and O–H groups in total. The van der Waals surface area contributed by atoms with Gasteiger partial charge in [-0.05, 0) is 18.6 Å². The Morgan fingerprint density at radius 1 is 1.60 bits per heavy atom. The molecule has 0 heterocycles. The SMILES string of the molecule is CCCc1c(F)cccc1Cl.NC(=O)O. The molecule has 0 saturated carbocycles. The van der Waals surface area contributed by atoms with Gasteiger partial charge in [-0.25, -0.2) is 9.18 Å². The number of nitrogens with two attached hydrogens (primary N) is 1. The third-order valence-corrected chi connectivity index (χ3v) is 1.92. The van der Waals surface area contributed by atoms with E-state index in [1.165, 1.54) is 6.07 Å². The number of carboxylic acid groups (broad SMARTS) is 1. The summed E-state index contributed by atoms with van der Waals surface area (Å²) < 4.78 is 13.0. The lowest BCUT2D eigenvalue weighted by molar-refractivity contribution is 0.205. The fourth-order valence-electron chi connectivity index (χ4n) is 1.02. The predicted molar refractivity (Wildman–Crippen MR) is 57.6 cm³/mol. The molecule has 5 heteroatoms. The third-order valence-electron chi connectivity index (χ3n) is 1.56. The Hall–Kier alpha value is -1.29. The van der Waals surface area contributed by atoms with Gasteiger partial charge in [0.1, 0.15) is 5.82 Å². The molecular formula is C10H13ClFNO2. The van der Waals surface area contributed by atoms with E-state index in [-0.39, 0.29) is 5.82 Å². The van der Waals surface area contributed by atoms with E-state index in [1.807, 2.05) is 6.92 Å². The molecule has 0 aliphatic carbocycles. The Labute approximate surface area is 92.7 Å². The second-order valence-corrected chi connectivity index (χ2v) is 3.20. The minimum absolute atomic E-state index is 0.195. The molecule has 1 aromatic carbocycles. The van der Waals surface area contributed by atoms with Crippen molar-refractivity contribution in [3.05, 3.63) is 34.6 Å². The summed E-state index contributed by atoms with van der Waals surface area (Å²) in [5, 5.41) is 7.73. The molecule has 0 saturated heterocycles. The molecular weight excluding hydrogens is 221 g/mol. The van der Waals surface area contributed by atoms with Gasteiger partial charge in [0.15, 0.2) is 0 Å². The Kier molecular flexibility index (Phi) is 6.45. The molecule has 0 aromatic heterocycles. The number of halogens is 2. The lowest BCUT2D eigenvalue weighted by atomic mass is 10.1. The Bertz CT molecular complexity index is 307. The molecule has 0 bridgehead atoms. The molecule has 0 fully saturated rings. The standard InChI is InChI=1S/C9H10ClF.CH3NO2/c1-2-4-7-8(10)5-3-6-9(7)11;2-1(3)4/h3,5-6H,2,4H2,1H3;2H2,(H,3,4). The van der Waals surface area contributed by atoms with Crippen molar-refractivity contribution in [2.24, 2.45) is 5.73 Å². The fourth-order valence-corrected chi connectivity index (χ4v) is 1.28. The summed E-state index contributed by atoms with van der Waals surface area (Å²) in [5.41, 5.74) is 4.66. The number of benzene rings is 1. The Balaban J connectivity index is 0.000000423. The molecule has 0 aliphatic heterocycles. The summed E-state index contributed by atoms with van der Waals surface area (Å²) in [6, 6.07) is 4.78. The van der Waals surface area contributed by atoms with Crippen LogP contribution in [0.2, 0.25) is 5.02 Å². The van der Waals surface area contributed by atoms with Gasteiger partial charge >= 0.3 is 6.09 Å². The molecule has 84 valence electrons. The number of hydrogen-bond acceptors (Lipinski definition) is 1. The van der Waals surface area contributed by atoms with Crippen molar-refractivity contribution in [1.29, 1.82) is 0 Å². The second kappa shape index (κ2) is 7.06. The molecule has 0 unspecified atom stereocenters. The van der Waals surface area contributed by atoms with E-state index in [9.17, 15) is 4.39 Å².